The molecule has 1 aromatic heterocycles. The maximum absolute atomic E-state index is 12.6. The van der Waals surface area contributed by atoms with Crippen LogP contribution in [0.5, 0.6) is 0 Å². The lowest BCUT2D eigenvalue weighted by molar-refractivity contribution is -0.113. The largest absolute Gasteiger partial charge is 0.415 e. The molecule has 0 radical (unpaired) electrons. The number of aromatic nitrogens is 2. The highest BCUT2D eigenvalue weighted by Gasteiger charge is 2.44. The Morgan fingerprint density at radius 3 is 2.58 bits per heavy atom. The van der Waals surface area contributed by atoms with Gasteiger partial charge in [0.15, 0.2) is 6.23 Å². The second-order valence-corrected chi connectivity index (χ2v) is 3.84. The first-order valence-electron chi connectivity index (χ1n) is 5.19. The van der Waals surface area contributed by atoms with Crippen LogP contribution >= 0.6 is 0 Å². The minimum atomic E-state index is -4.66. The summed E-state index contributed by atoms with van der Waals surface area (Å²) >= 11 is 0. The fraction of sp³-hybridized carbons (Fsp3) is 0.400. The zero-order valence-electron chi connectivity index (χ0n) is 9.35. The Kier molecular flexibility index (Phi) is 3.33. The highest BCUT2D eigenvalue weighted by Crippen LogP contribution is 2.37. The zero-order valence-corrected chi connectivity index (χ0v) is 9.35. The summed E-state index contributed by atoms with van der Waals surface area (Å²) in [6.07, 6.45) is -5.81. The third kappa shape index (κ3) is 2.61. The normalized spacial score (nSPS) is 23.5. The molecular weight excluding hydrogens is 269 g/mol. The molecular formula is C10H9F3N2O4. The Labute approximate surface area is 103 Å². The van der Waals surface area contributed by atoms with Crippen molar-refractivity contribution in [2.75, 3.05) is 6.61 Å². The molecule has 1 aliphatic heterocycles. The van der Waals surface area contributed by atoms with Crippen molar-refractivity contribution in [1.29, 1.82) is 0 Å². The minimum Gasteiger partial charge on any atom is -0.393 e. The SMILES string of the molecule is O=c1ccn([C@H]2C=C(C(F)(F)F)[C@@H](CO)O2)c(=O)[nH]1. The van der Waals surface area contributed by atoms with Crippen LogP contribution in [0.1, 0.15) is 6.23 Å². The van der Waals surface area contributed by atoms with E-state index in [0.29, 0.717) is 6.08 Å². The molecule has 1 aromatic rings. The summed E-state index contributed by atoms with van der Waals surface area (Å²) in [5.41, 5.74) is -2.62. The summed E-state index contributed by atoms with van der Waals surface area (Å²) in [5.74, 6) is 0. The number of H-pyrrole nitrogens is 1. The third-order valence-electron chi connectivity index (χ3n) is 2.59. The van der Waals surface area contributed by atoms with Crippen LogP contribution in [0.4, 0.5) is 13.2 Å². The number of alkyl halides is 3. The monoisotopic (exact) mass is 278 g/mol. The number of aliphatic hydroxyl groups is 1. The Hall–Kier alpha value is -1.87. The predicted molar refractivity (Wildman–Crippen MR) is 56.5 cm³/mol. The first-order valence-corrected chi connectivity index (χ1v) is 5.19. The highest BCUT2D eigenvalue weighted by atomic mass is 19.4. The summed E-state index contributed by atoms with van der Waals surface area (Å²) < 4.78 is 43.7. The first kappa shape index (κ1) is 13.6. The van der Waals surface area contributed by atoms with Crippen molar-refractivity contribution in [3.05, 3.63) is 44.8 Å². The Morgan fingerprint density at radius 1 is 1.42 bits per heavy atom. The molecule has 0 unspecified atom stereocenters. The number of halogens is 3. The van der Waals surface area contributed by atoms with E-state index in [1.165, 1.54) is 0 Å². The molecule has 2 heterocycles. The van der Waals surface area contributed by atoms with Gasteiger partial charge < -0.3 is 9.84 Å². The number of ether oxygens (including phenoxy) is 1. The van der Waals surface area contributed by atoms with Crippen LogP contribution in [-0.4, -0.2) is 33.5 Å². The van der Waals surface area contributed by atoms with Crippen molar-refractivity contribution in [2.24, 2.45) is 0 Å². The lowest BCUT2D eigenvalue weighted by atomic mass is 10.1. The summed E-state index contributed by atoms with van der Waals surface area (Å²) in [6.45, 7) is -0.861. The van der Waals surface area contributed by atoms with Gasteiger partial charge in [0.2, 0.25) is 0 Å². The van der Waals surface area contributed by atoms with Gasteiger partial charge in [-0.2, -0.15) is 13.2 Å². The van der Waals surface area contributed by atoms with E-state index in [-0.39, 0.29) is 0 Å². The molecule has 19 heavy (non-hydrogen) atoms. The molecule has 0 aromatic carbocycles. The molecule has 0 saturated heterocycles. The van der Waals surface area contributed by atoms with Crippen molar-refractivity contribution in [3.8, 4) is 0 Å². The molecule has 0 aliphatic carbocycles. The Balaban J connectivity index is 2.41. The molecule has 2 rings (SSSR count). The van der Waals surface area contributed by atoms with E-state index in [0.717, 1.165) is 16.8 Å². The Bertz CT molecular complexity index is 616. The van der Waals surface area contributed by atoms with Crippen LogP contribution in [0.25, 0.3) is 0 Å². The van der Waals surface area contributed by atoms with Gasteiger partial charge in [-0.25, -0.2) is 4.79 Å². The van der Waals surface area contributed by atoms with Crippen LogP contribution in [0.2, 0.25) is 0 Å². The summed E-state index contributed by atoms with van der Waals surface area (Å²) in [6, 6.07) is 0.984. The van der Waals surface area contributed by atoms with Crippen LogP contribution in [0.3, 0.4) is 0 Å². The quantitative estimate of drug-likeness (QED) is 0.741. The second kappa shape index (κ2) is 4.67. The maximum Gasteiger partial charge on any atom is 0.415 e. The minimum absolute atomic E-state index is 0.669. The molecule has 104 valence electrons. The van der Waals surface area contributed by atoms with Crippen molar-refractivity contribution in [3.63, 3.8) is 0 Å². The number of hydrogen-bond acceptors (Lipinski definition) is 4. The molecule has 2 N–H and O–H groups in total. The molecule has 6 nitrogen and oxygen atoms in total. The summed E-state index contributed by atoms with van der Waals surface area (Å²) in [5, 5.41) is 8.87. The number of hydrogen-bond donors (Lipinski definition) is 2. The zero-order chi connectivity index (χ0) is 14.2. The van der Waals surface area contributed by atoms with Gasteiger partial charge in [-0.05, 0) is 6.08 Å². The Morgan fingerprint density at radius 2 is 2.11 bits per heavy atom. The number of nitrogens with zero attached hydrogens (tertiary/aromatic N) is 1. The number of aliphatic hydroxyl groups excluding tert-OH is 1. The maximum atomic E-state index is 12.6. The molecule has 0 amide bonds. The van der Waals surface area contributed by atoms with Gasteiger partial charge in [0, 0.05) is 12.3 Å². The molecule has 2 atom stereocenters. The second-order valence-electron chi connectivity index (χ2n) is 3.84. The molecule has 0 spiro atoms. The van der Waals surface area contributed by atoms with E-state index in [1.54, 1.807) is 0 Å². The van der Waals surface area contributed by atoms with Gasteiger partial charge in [-0.15, -0.1) is 0 Å². The van der Waals surface area contributed by atoms with Gasteiger partial charge in [-0.1, -0.05) is 0 Å². The average molecular weight is 278 g/mol. The molecule has 0 fully saturated rings. The van der Waals surface area contributed by atoms with E-state index in [2.05, 4.69) is 0 Å². The van der Waals surface area contributed by atoms with E-state index in [1.807, 2.05) is 4.98 Å². The van der Waals surface area contributed by atoms with Crippen molar-refractivity contribution < 1.29 is 23.0 Å². The van der Waals surface area contributed by atoms with Crippen molar-refractivity contribution in [2.45, 2.75) is 18.5 Å². The summed E-state index contributed by atoms with van der Waals surface area (Å²) in [4.78, 5) is 24.2. The van der Waals surface area contributed by atoms with Gasteiger partial charge in [0.05, 0.1) is 12.2 Å². The third-order valence-corrected chi connectivity index (χ3v) is 2.59. The topological polar surface area (TPSA) is 84.3 Å². The van der Waals surface area contributed by atoms with Crippen LogP contribution < -0.4 is 11.2 Å². The number of aromatic amines is 1. The number of rotatable bonds is 2. The molecule has 1 aliphatic rings. The van der Waals surface area contributed by atoms with Crippen molar-refractivity contribution in [1.82, 2.24) is 9.55 Å². The standard InChI is InChI=1S/C10H9F3N2O4/c11-10(12,13)5-3-8(19-6(5)4-16)15-2-1-7(17)14-9(15)18/h1-3,6,8,16H,4H2,(H,14,17,18)/t6-,8-/m1/s1. The average Bonchev–Trinajstić information content (AvgIpc) is 2.72. The fourth-order valence-electron chi connectivity index (χ4n) is 1.73. The van der Waals surface area contributed by atoms with Gasteiger partial charge in [0.1, 0.15) is 6.10 Å². The first-order chi connectivity index (χ1) is 8.82. The van der Waals surface area contributed by atoms with Gasteiger partial charge in [0.25, 0.3) is 5.56 Å². The summed E-state index contributed by atoms with van der Waals surface area (Å²) in [7, 11) is 0. The molecule has 9 heteroatoms. The van der Waals surface area contributed by atoms with Crippen LogP contribution in [0, 0.1) is 0 Å². The van der Waals surface area contributed by atoms with Gasteiger partial charge in [-0.3, -0.25) is 14.3 Å². The number of nitrogens with one attached hydrogen (secondary N) is 1. The van der Waals surface area contributed by atoms with E-state index in [4.69, 9.17) is 9.84 Å². The van der Waals surface area contributed by atoms with Gasteiger partial charge >= 0.3 is 11.9 Å². The van der Waals surface area contributed by atoms with Crippen LogP contribution in [0.15, 0.2) is 33.5 Å². The predicted octanol–water partition coefficient (Wildman–Crippen LogP) is -0.0850. The smallest absolute Gasteiger partial charge is 0.393 e. The van der Waals surface area contributed by atoms with Crippen LogP contribution in [-0.2, 0) is 4.74 Å². The van der Waals surface area contributed by atoms with E-state index >= 15 is 0 Å². The van der Waals surface area contributed by atoms with E-state index < -0.39 is 41.9 Å². The highest BCUT2D eigenvalue weighted by molar-refractivity contribution is 5.20. The molecule has 0 saturated carbocycles. The fourth-order valence-corrected chi connectivity index (χ4v) is 1.73. The van der Waals surface area contributed by atoms with E-state index in [9.17, 15) is 22.8 Å². The van der Waals surface area contributed by atoms with Crippen molar-refractivity contribution >= 4 is 0 Å². The molecule has 0 bridgehead atoms. The lowest BCUT2D eigenvalue weighted by Gasteiger charge is -2.16. The lowest BCUT2D eigenvalue weighted by Crippen LogP contribution is -2.32.